The number of allylic oxidation sites excluding steroid dienone is 1. The number of nitrogens with zero attached hydrogens (tertiary/aromatic N) is 3. The van der Waals surface area contributed by atoms with Gasteiger partial charge >= 0.3 is 0 Å². The number of hydrogen-bond acceptors (Lipinski definition) is 2. The van der Waals surface area contributed by atoms with Crippen LogP contribution in [0.3, 0.4) is 0 Å². The number of nitriles is 1. The molecule has 0 saturated heterocycles. The Bertz CT molecular complexity index is 837. The number of rotatable bonds is 3. The molecule has 0 saturated carbocycles. The quantitative estimate of drug-likeness (QED) is 0.666. The van der Waals surface area contributed by atoms with Crippen molar-refractivity contribution in [3.8, 4) is 23.0 Å². The SMILES string of the molecule is C/C(C#N)=C/c1cn(-c2ccccc2)nc1-c1ccccc1. The van der Waals surface area contributed by atoms with Crippen LogP contribution in [0.2, 0.25) is 0 Å². The largest absolute Gasteiger partial charge is 0.240 e. The Balaban J connectivity index is 2.16. The van der Waals surface area contributed by atoms with Crippen LogP contribution < -0.4 is 0 Å². The Kier molecular flexibility index (Phi) is 3.84. The van der Waals surface area contributed by atoms with Crippen molar-refractivity contribution in [3.63, 3.8) is 0 Å². The first kappa shape index (κ1) is 13.8. The van der Waals surface area contributed by atoms with Crippen molar-refractivity contribution in [2.75, 3.05) is 0 Å². The van der Waals surface area contributed by atoms with E-state index in [4.69, 9.17) is 10.4 Å². The number of para-hydroxylation sites is 1. The first-order valence-corrected chi connectivity index (χ1v) is 7.07. The molecule has 0 bridgehead atoms. The van der Waals surface area contributed by atoms with Crippen LogP contribution in [0, 0.1) is 11.3 Å². The lowest BCUT2D eigenvalue weighted by Gasteiger charge is -2.00. The highest BCUT2D eigenvalue weighted by atomic mass is 15.3. The molecule has 0 N–H and O–H groups in total. The zero-order valence-corrected chi connectivity index (χ0v) is 12.3. The minimum atomic E-state index is 0.657. The molecular weight excluding hydrogens is 270 g/mol. The maximum atomic E-state index is 9.04. The van der Waals surface area contributed by atoms with Crippen LogP contribution in [0.5, 0.6) is 0 Å². The van der Waals surface area contributed by atoms with Gasteiger partial charge in [0.05, 0.1) is 17.5 Å². The Labute approximate surface area is 129 Å². The molecule has 3 heteroatoms. The summed E-state index contributed by atoms with van der Waals surface area (Å²) in [6, 6.07) is 22.1. The molecule has 3 rings (SSSR count). The van der Waals surface area contributed by atoms with E-state index in [-0.39, 0.29) is 0 Å². The van der Waals surface area contributed by atoms with Gasteiger partial charge in [-0.25, -0.2) is 4.68 Å². The summed E-state index contributed by atoms with van der Waals surface area (Å²) in [6.45, 7) is 1.80. The van der Waals surface area contributed by atoms with Crippen molar-refractivity contribution in [2.45, 2.75) is 6.92 Å². The molecule has 0 amide bonds. The summed E-state index contributed by atoms with van der Waals surface area (Å²) < 4.78 is 1.85. The minimum Gasteiger partial charge on any atom is -0.240 e. The maximum Gasteiger partial charge on any atom is 0.1000 e. The predicted molar refractivity (Wildman–Crippen MR) is 88.3 cm³/mol. The fourth-order valence-electron chi connectivity index (χ4n) is 2.29. The molecule has 3 aromatic rings. The van der Waals surface area contributed by atoms with E-state index in [0.717, 1.165) is 22.5 Å². The predicted octanol–water partition coefficient (Wildman–Crippen LogP) is 4.47. The molecule has 1 aromatic heterocycles. The second kappa shape index (κ2) is 6.11. The molecule has 3 nitrogen and oxygen atoms in total. The van der Waals surface area contributed by atoms with E-state index < -0.39 is 0 Å². The third kappa shape index (κ3) is 2.82. The number of hydrogen-bond donors (Lipinski definition) is 0. The van der Waals surface area contributed by atoms with Crippen LogP contribution in [0.4, 0.5) is 0 Å². The highest BCUT2D eigenvalue weighted by Gasteiger charge is 2.10. The first-order valence-electron chi connectivity index (χ1n) is 7.07. The summed E-state index contributed by atoms with van der Waals surface area (Å²) in [7, 11) is 0. The van der Waals surface area contributed by atoms with Gasteiger partial charge in [-0.2, -0.15) is 10.4 Å². The van der Waals surface area contributed by atoms with Crippen LogP contribution >= 0.6 is 0 Å². The molecule has 2 aromatic carbocycles. The molecule has 0 unspecified atom stereocenters. The van der Waals surface area contributed by atoms with Crippen LogP contribution in [-0.2, 0) is 0 Å². The van der Waals surface area contributed by atoms with E-state index in [0.29, 0.717) is 5.57 Å². The lowest BCUT2D eigenvalue weighted by atomic mass is 10.1. The van der Waals surface area contributed by atoms with Crippen molar-refractivity contribution in [2.24, 2.45) is 0 Å². The van der Waals surface area contributed by atoms with Gasteiger partial charge in [-0.3, -0.25) is 0 Å². The highest BCUT2D eigenvalue weighted by molar-refractivity contribution is 5.73. The van der Waals surface area contributed by atoms with Gasteiger partial charge in [0, 0.05) is 22.9 Å². The Hall–Kier alpha value is -3.12. The normalized spacial score (nSPS) is 11.2. The lowest BCUT2D eigenvalue weighted by molar-refractivity contribution is 0.884. The van der Waals surface area contributed by atoms with Gasteiger partial charge < -0.3 is 0 Å². The van der Waals surface area contributed by atoms with Crippen molar-refractivity contribution in [3.05, 3.63) is 78.0 Å². The van der Waals surface area contributed by atoms with Gasteiger partial charge in [-0.05, 0) is 25.1 Å². The smallest absolute Gasteiger partial charge is 0.1000 e. The van der Waals surface area contributed by atoms with Crippen molar-refractivity contribution >= 4 is 6.08 Å². The van der Waals surface area contributed by atoms with E-state index in [1.807, 2.05) is 77.6 Å². The minimum absolute atomic E-state index is 0.657. The second-order valence-corrected chi connectivity index (χ2v) is 5.02. The summed E-state index contributed by atoms with van der Waals surface area (Å²) in [5, 5.41) is 13.7. The van der Waals surface area contributed by atoms with E-state index in [2.05, 4.69) is 6.07 Å². The van der Waals surface area contributed by atoms with Crippen LogP contribution in [0.1, 0.15) is 12.5 Å². The molecule has 0 spiro atoms. The summed E-state index contributed by atoms with van der Waals surface area (Å²) in [6.07, 6.45) is 3.83. The van der Waals surface area contributed by atoms with Gasteiger partial charge in [0.15, 0.2) is 0 Å². The molecule has 22 heavy (non-hydrogen) atoms. The Morgan fingerprint density at radius 1 is 1.05 bits per heavy atom. The van der Waals surface area contributed by atoms with Gasteiger partial charge in [-0.15, -0.1) is 0 Å². The number of benzene rings is 2. The standard InChI is InChI=1S/C19H15N3/c1-15(13-20)12-17-14-22(18-10-6-3-7-11-18)21-19(17)16-8-4-2-5-9-16/h2-12,14H,1H3/b15-12-. The topological polar surface area (TPSA) is 41.6 Å². The van der Waals surface area contributed by atoms with E-state index in [1.54, 1.807) is 6.92 Å². The first-order chi connectivity index (χ1) is 10.8. The van der Waals surface area contributed by atoms with Crippen molar-refractivity contribution in [1.29, 1.82) is 5.26 Å². The molecule has 0 aliphatic rings. The highest BCUT2D eigenvalue weighted by Crippen LogP contribution is 2.25. The van der Waals surface area contributed by atoms with E-state index in [1.165, 1.54) is 0 Å². The maximum absolute atomic E-state index is 9.04. The molecule has 1 heterocycles. The molecule has 0 aliphatic carbocycles. The average molecular weight is 285 g/mol. The summed E-state index contributed by atoms with van der Waals surface area (Å²) >= 11 is 0. The van der Waals surface area contributed by atoms with Crippen LogP contribution in [0.25, 0.3) is 23.0 Å². The van der Waals surface area contributed by atoms with Gasteiger partial charge in [0.1, 0.15) is 0 Å². The van der Waals surface area contributed by atoms with Crippen molar-refractivity contribution < 1.29 is 0 Å². The fraction of sp³-hybridized carbons (Fsp3) is 0.0526. The fourth-order valence-corrected chi connectivity index (χ4v) is 2.29. The van der Waals surface area contributed by atoms with Gasteiger partial charge in [0.25, 0.3) is 0 Å². The third-order valence-corrected chi connectivity index (χ3v) is 3.36. The van der Waals surface area contributed by atoms with Crippen LogP contribution in [0.15, 0.2) is 72.4 Å². The molecule has 0 radical (unpaired) electrons. The average Bonchev–Trinajstić information content (AvgIpc) is 3.00. The lowest BCUT2D eigenvalue weighted by Crippen LogP contribution is -1.93. The zero-order chi connectivity index (χ0) is 15.4. The molecule has 0 aliphatic heterocycles. The monoisotopic (exact) mass is 285 g/mol. The number of aromatic nitrogens is 2. The summed E-state index contributed by atoms with van der Waals surface area (Å²) in [4.78, 5) is 0. The molecule has 0 fully saturated rings. The molecule has 0 atom stereocenters. The molecule has 106 valence electrons. The summed E-state index contributed by atoms with van der Waals surface area (Å²) in [5.74, 6) is 0. The molecular formula is C19H15N3. The zero-order valence-electron chi connectivity index (χ0n) is 12.3. The van der Waals surface area contributed by atoms with Crippen LogP contribution in [-0.4, -0.2) is 9.78 Å². The summed E-state index contributed by atoms with van der Waals surface area (Å²) in [5.41, 5.74) is 4.50. The third-order valence-electron chi connectivity index (χ3n) is 3.36. The van der Waals surface area contributed by atoms with E-state index >= 15 is 0 Å². The van der Waals surface area contributed by atoms with E-state index in [9.17, 15) is 0 Å². The van der Waals surface area contributed by atoms with Crippen molar-refractivity contribution in [1.82, 2.24) is 9.78 Å². The van der Waals surface area contributed by atoms with Gasteiger partial charge in [0.2, 0.25) is 0 Å². The van der Waals surface area contributed by atoms with Gasteiger partial charge in [-0.1, -0.05) is 48.5 Å². The Morgan fingerprint density at radius 3 is 2.32 bits per heavy atom. The second-order valence-electron chi connectivity index (χ2n) is 5.02. The Morgan fingerprint density at radius 2 is 1.68 bits per heavy atom.